The molecule has 1 amide bonds. The Balaban J connectivity index is 1.54. The molecule has 0 spiro atoms. The molecule has 1 aliphatic heterocycles. The molecule has 0 aliphatic carbocycles. The standard InChI is InChI=1S/C22H21F3N4O3/c1-13-8-16(9-15-4-3-5-17(10-15)22(23,24)25)11-18(26-13)19-12-29(6-7-31-19)21(30)20-14(2)27-32-28-20/h3-5,8,10-11,19H,6-7,9,12H2,1-2H3/t19-/m0/s1. The summed E-state index contributed by atoms with van der Waals surface area (Å²) in [5.41, 5.74) is 2.60. The van der Waals surface area contributed by atoms with E-state index in [-0.39, 0.29) is 18.1 Å². The van der Waals surface area contributed by atoms with Crippen LogP contribution in [0.25, 0.3) is 0 Å². The lowest BCUT2D eigenvalue weighted by Gasteiger charge is -2.32. The zero-order chi connectivity index (χ0) is 22.9. The first-order valence-corrected chi connectivity index (χ1v) is 10.0. The van der Waals surface area contributed by atoms with Gasteiger partial charge in [0.1, 0.15) is 11.8 Å². The van der Waals surface area contributed by atoms with Crippen LogP contribution in [-0.2, 0) is 17.3 Å². The molecule has 32 heavy (non-hydrogen) atoms. The Morgan fingerprint density at radius 3 is 2.69 bits per heavy atom. The Bertz CT molecular complexity index is 1130. The molecule has 0 N–H and O–H groups in total. The van der Waals surface area contributed by atoms with Crippen molar-refractivity contribution in [2.24, 2.45) is 0 Å². The third-order valence-corrected chi connectivity index (χ3v) is 5.23. The summed E-state index contributed by atoms with van der Waals surface area (Å²) in [6.07, 6.45) is -4.54. The number of pyridine rings is 1. The molecule has 2 aromatic heterocycles. The Labute approximate surface area is 182 Å². The number of hydrogen-bond donors (Lipinski definition) is 0. The van der Waals surface area contributed by atoms with Crippen molar-refractivity contribution in [3.63, 3.8) is 0 Å². The molecule has 0 saturated carbocycles. The third kappa shape index (κ3) is 4.80. The van der Waals surface area contributed by atoms with Crippen molar-refractivity contribution in [3.05, 3.63) is 75.9 Å². The van der Waals surface area contributed by atoms with Crippen molar-refractivity contribution in [2.75, 3.05) is 19.7 Å². The average molecular weight is 446 g/mol. The van der Waals surface area contributed by atoms with Gasteiger partial charge in [-0.2, -0.15) is 13.2 Å². The first-order chi connectivity index (χ1) is 15.2. The number of amides is 1. The van der Waals surface area contributed by atoms with E-state index in [1.165, 1.54) is 6.07 Å². The highest BCUT2D eigenvalue weighted by molar-refractivity contribution is 5.93. The fourth-order valence-electron chi connectivity index (χ4n) is 3.72. The molecule has 1 fully saturated rings. The van der Waals surface area contributed by atoms with Gasteiger partial charge in [0.15, 0.2) is 5.69 Å². The number of aryl methyl sites for hydroxylation is 2. The summed E-state index contributed by atoms with van der Waals surface area (Å²) in [6, 6.07) is 8.92. The lowest BCUT2D eigenvalue weighted by molar-refractivity contribution is -0.137. The molecule has 0 unspecified atom stereocenters. The number of benzene rings is 1. The molecule has 0 bridgehead atoms. The second-order valence-corrected chi connectivity index (χ2v) is 7.73. The third-order valence-electron chi connectivity index (χ3n) is 5.23. The summed E-state index contributed by atoms with van der Waals surface area (Å²) in [7, 11) is 0. The molecular weight excluding hydrogens is 425 g/mol. The van der Waals surface area contributed by atoms with Crippen LogP contribution in [0.15, 0.2) is 41.0 Å². The number of nitrogens with zero attached hydrogens (tertiary/aromatic N) is 4. The molecule has 1 aliphatic rings. The number of ether oxygens (including phenoxy) is 1. The van der Waals surface area contributed by atoms with Crippen molar-refractivity contribution in [2.45, 2.75) is 32.5 Å². The maximum absolute atomic E-state index is 13.0. The average Bonchev–Trinajstić information content (AvgIpc) is 3.18. The first-order valence-electron chi connectivity index (χ1n) is 10.0. The lowest BCUT2D eigenvalue weighted by atomic mass is 10.0. The number of aromatic nitrogens is 3. The summed E-state index contributed by atoms with van der Waals surface area (Å²) in [5, 5.41) is 7.32. The van der Waals surface area contributed by atoms with Crippen molar-refractivity contribution in [1.82, 2.24) is 20.2 Å². The predicted molar refractivity (Wildman–Crippen MR) is 107 cm³/mol. The summed E-state index contributed by atoms with van der Waals surface area (Å²) in [6.45, 7) is 4.44. The highest BCUT2D eigenvalue weighted by atomic mass is 19.4. The van der Waals surface area contributed by atoms with Gasteiger partial charge in [-0.1, -0.05) is 23.4 Å². The van der Waals surface area contributed by atoms with E-state index in [0.717, 1.165) is 17.7 Å². The number of halogens is 3. The van der Waals surface area contributed by atoms with Gasteiger partial charge in [-0.25, -0.2) is 4.63 Å². The van der Waals surface area contributed by atoms with Gasteiger partial charge in [0.2, 0.25) is 0 Å². The van der Waals surface area contributed by atoms with Gasteiger partial charge in [-0.15, -0.1) is 0 Å². The van der Waals surface area contributed by atoms with Gasteiger partial charge in [0, 0.05) is 12.2 Å². The number of carbonyl (C=O) groups is 1. The molecule has 10 heteroatoms. The smallest absolute Gasteiger partial charge is 0.368 e. The molecule has 0 radical (unpaired) electrons. The molecule has 3 heterocycles. The van der Waals surface area contributed by atoms with Crippen molar-refractivity contribution in [1.29, 1.82) is 0 Å². The van der Waals surface area contributed by atoms with E-state index in [9.17, 15) is 18.0 Å². The largest absolute Gasteiger partial charge is 0.416 e. The molecule has 1 atom stereocenters. The molecule has 4 rings (SSSR count). The number of hydrogen-bond acceptors (Lipinski definition) is 6. The molecule has 1 aromatic carbocycles. The predicted octanol–water partition coefficient (Wildman–Crippen LogP) is 3.90. The first kappa shape index (κ1) is 21.9. The van der Waals surface area contributed by atoms with E-state index >= 15 is 0 Å². The maximum Gasteiger partial charge on any atom is 0.416 e. The van der Waals surface area contributed by atoms with Crippen LogP contribution in [0.5, 0.6) is 0 Å². The molecule has 3 aromatic rings. The Kier molecular flexibility index (Phi) is 5.96. The number of rotatable bonds is 4. The number of alkyl halides is 3. The van der Waals surface area contributed by atoms with E-state index in [1.54, 1.807) is 17.9 Å². The topological polar surface area (TPSA) is 81.4 Å². The molecular formula is C22H21F3N4O3. The second kappa shape index (κ2) is 8.70. The fourth-order valence-corrected chi connectivity index (χ4v) is 3.72. The Morgan fingerprint density at radius 2 is 1.97 bits per heavy atom. The van der Waals surface area contributed by atoms with Gasteiger partial charge >= 0.3 is 6.18 Å². The minimum Gasteiger partial charge on any atom is -0.368 e. The van der Waals surface area contributed by atoms with Crippen LogP contribution in [0.1, 0.15) is 50.4 Å². The van der Waals surface area contributed by atoms with Gasteiger partial charge in [-0.05, 0) is 54.8 Å². The van der Waals surface area contributed by atoms with Crippen LogP contribution >= 0.6 is 0 Å². The summed E-state index contributed by atoms with van der Waals surface area (Å²) in [5.74, 6) is -0.297. The Morgan fingerprint density at radius 1 is 1.16 bits per heavy atom. The summed E-state index contributed by atoms with van der Waals surface area (Å²) in [4.78, 5) is 18.9. The van der Waals surface area contributed by atoms with Crippen molar-refractivity contribution < 1.29 is 27.3 Å². The van der Waals surface area contributed by atoms with Gasteiger partial charge < -0.3 is 9.64 Å². The van der Waals surface area contributed by atoms with E-state index in [0.29, 0.717) is 42.2 Å². The second-order valence-electron chi connectivity index (χ2n) is 7.73. The number of carbonyl (C=O) groups excluding carboxylic acids is 1. The van der Waals surface area contributed by atoms with Crippen LogP contribution in [0.3, 0.4) is 0 Å². The minimum absolute atomic E-state index is 0.160. The Hall–Kier alpha value is -3.27. The zero-order valence-corrected chi connectivity index (χ0v) is 17.5. The van der Waals surface area contributed by atoms with E-state index in [4.69, 9.17) is 4.74 Å². The van der Waals surface area contributed by atoms with E-state index < -0.39 is 17.8 Å². The van der Waals surface area contributed by atoms with Crippen molar-refractivity contribution >= 4 is 5.91 Å². The highest BCUT2D eigenvalue weighted by Crippen LogP contribution is 2.30. The van der Waals surface area contributed by atoms with Crippen LogP contribution < -0.4 is 0 Å². The van der Waals surface area contributed by atoms with E-state index in [2.05, 4.69) is 19.9 Å². The van der Waals surface area contributed by atoms with Crippen molar-refractivity contribution in [3.8, 4) is 0 Å². The van der Waals surface area contributed by atoms with Gasteiger partial charge in [0.25, 0.3) is 5.91 Å². The maximum atomic E-state index is 13.0. The summed E-state index contributed by atoms with van der Waals surface area (Å²) >= 11 is 0. The molecule has 7 nitrogen and oxygen atoms in total. The minimum atomic E-state index is -4.39. The van der Waals surface area contributed by atoms with Crippen LogP contribution in [0.4, 0.5) is 13.2 Å². The normalized spacial score (nSPS) is 16.9. The van der Waals surface area contributed by atoms with Crippen LogP contribution in [0, 0.1) is 13.8 Å². The molecule has 1 saturated heterocycles. The van der Waals surface area contributed by atoms with E-state index in [1.807, 2.05) is 19.1 Å². The van der Waals surface area contributed by atoms with Crippen LogP contribution in [-0.4, -0.2) is 45.8 Å². The quantitative estimate of drug-likeness (QED) is 0.605. The zero-order valence-electron chi connectivity index (χ0n) is 17.5. The number of morpholine rings is 1. The monoisotopic (exact) mass is 446 g/mol. The van der Waals surface area contributed by atoms with Crippen LogP contribution in [0.2, 0.25) is 0 Å². The fraction of sp³-hybridized carbons (Fsp3) is 0.364. The SMILES string of the molecule is Cc1cc(Cc2cccc(C(F)(F)F)c2)cc([C@@H]2CN(C(=O)c3nonc3C)CCO2)n1. The lowest BCUT2D eigenvalue weighted by Crippen LogP contribution is -2.42. The summed E-state index contributed by atoms with van der Waals surface area (Å²) < 4.78 is 49.6. The highest BCUT2D eigenvalue weighted by Gasteiger charge is 2.31. The van der Waals surface area contributed by atoms with Gasteiger partial charge in [0.05, 0.1) is 24.4 Å². The van der Waals surface area contributed by atoms with Gasteiger partial charge in [-0.3, -0.25) is 9.78 Å². The molecule has 168 valence electrons.